The van der Waals surface area contributed by atoms with Crippen molar-refractivity contribution >= 4 is 27.0 Å². The molecule has 0 spiro atoms. The van der Waals surface area contributed by atoms with Crippen LogP contribution in [0.15, 0.2) is 96.6 Å². The summed E-state index contributed by atoms with van der Waals surface area (Å²) in [5, 5.41) is 2.90. The maximum atomic E-state index is 7.08. The van der Waals surface area contributed by atoms with Crippen LogP contribution in [-0.2, 0) is 8.85 Å². The molecule has 4 heteroatoms. The van der Waals surface area contributed by atoms with Gasteiger partial charge >= 0.3 is 0 Å². The standard InChI is InChI=1S/C35H54O2Si2/c1-10-31(24-18-14-12-11-13-15-23-29-36-38(8,9)34(2,3)4)30-37-39(35(5,6)7,32-25-19-16-20-26-32)33-27-21-17-22-28-33/h10,12,14,16-22,24-28H,11,13,15,23,29-30H2,1-9H3/b14-12+,24-18+,31-10-. The molecule has 0 amide bonds. The van der Waals surface area contributed by atoms with E-state index in [0.717, 1.165) is 19.4 Å². The molecule has 0 unspecified atom stereocenters. The van der Waals surface area contributed by atoms with Gasteiger partial charge in [-0.25, -0.2) is 0 Å². The summed E-state index contributed by atoms with van der Waals surface area (Å²) in [5.74, 6) is 0. The van der Waals surface area contributed by atoms with Crippen molar-refractivity contribution in [1.29, 1.82) is 0 Å². The molecule has 0 fully saturated rings. The van der Waals surface area contributed by atoms with Gasteiger partial charge in [-0.3, -0.25) is 0 Å². The number of hydrogen-bond acceptors (Lipinski definition) is 2. The molecule has 214 valence electrons. The van der Waals surface area contributed by atoms with Gasteiger partial charge < -0.3 is 8.85 Å². The molecular weight excluding hydrogens is 509 g/mol. The van der Waals surface area contributed by atoms with Crippen LogP contribution in [0.25, 0.3) is 0 Å². The highest BCUT2D eigenvalue weighted by atomic mass is 28.4. The Balaban J connectivity index is 1.95. The Hall–Kier alpha value is -1.99. The van der Waals surface area contributed by atoms with E-state index in [-0.39, 0.29) is 5.04 Å². The average molecular weight is 563 g/mol. The van der Waals surface area contributed by atoms with E-state index < -0.39 is 16.6 Å². The van der Waals surface area contributed by atoms with Crippen LogP contribution >= 0.6 is 0 Å². The molecular formula is C35H54O2Si2. The zero-order chi connectivity index (χ0) is 29.0. The van der Waals surface area contributed by atoms with Crippen molar-refractivity contribution in [3.05, 3.63) is 96.6 Å². The van der Waals surface area contributed by atoms with E-state index in [0.29, 0.717) is 11.6 Å². The first-order chi connectivity index (χ1) is 18.3. The Morgan fingerprint density at radius 3 is 1.77 bits per heavy atom. The second kappa shape index (κ2) is 15.1. The van der Waals surface area contributed by atoms with Crippen LogP contribution in [0.2, 0.25) is 23.2 Å². The number of allylic oxidation sites excluding steroid dienone is 4. The molecule has 2 nitrogen and oxygen atoms in total. The number of benzene rings is 2. The molecule has 2 aromatic carbocycles. The zero-order valence-corrected chi connectivity index (χ0v) is 28.2. The fourth-order valence-electron chi connectivity index (χ4n) is 4.62. The molecule has 0 aliphatic rings. The highest BCUT2D eigenvalue weighted by Crippen LogP contribution is 2.37. The lowest BCUT2D eigenvalue weighted by molar-refractivity contribution is 0.278. The quantitative estimate of drug-likeness (QED) is 0.130. The van der Waals surface area contributed by atoms with Gasteiger partial charge in [0.1, 0.15) is 0 Å². The molecule has 0 aliphatic carbocycles. The largest absolute Gasteiger partial charge is 0.417 e. The van der Waals surface area contributed by atoms with Crippen molar-refractivity contribution in [3.63, 3.8) is 0 Å². The van der Waals surface area contributed by atoms with Crippen molar-refractivity contribution in [1.82, 2.24) is 0 Å². The smallest absolute Gasteiger partial charge is 0.261 e. The van der Waals surface area contributed by atoms with E-state index >= 15 is 0 Å². The number of unbranched alkanes of at least 4 members (excludes halogenated alkanes) is 3. The summed E-state index contributed by atoms with van der Waals surface area (Å²) < 4.78 is 13.4. The van der Waals surface area contributed by atoms with Gasteiger partial charge in [0.2, 0.25) is 0 Å². The summed E-state index contributed by atoms with van der Waals surface area (Å²) in [6.07, 6.45) is 15.7. The first kappa shape index (κ1) is 33.2. The summed E-state index contributed by atoms with van der Waals surface area (Å²) in [7, 11) is -4.14. The first-order valence-electron chi connectivity index (χ1n) is 14.7. The monoisotopic (exact) mass is 562 g/mol. The number of rotatable bonds is 14. The molecule has 0 radical (unpaired) electrons. The van der Waals surface area contributed by atoms with Crippen molar-refractivity contribution in [2.45, 2.75) is 97.3 Å². The Kier molecular flexibility index (Phi) is 12.9. The lowest BCUT2D eigenvalue weighted by Crippen LogP contribution is -2.66. The number of hydrogen-bond donors (Lipinski definition) is 0. The molecule has 39 heavy (non-hydrogen) atoms. The van der Waals surface area contributed by atoms with Crippen molar-refractivity contribution in [2.75, 3.05) is 13.2 Å². The van der Waals surface area contributed by atoms with E-state index in [1.807, 2.05) is 0 Å². The highest BCUT2D eigenvalue weighted by molar-refractivity contribution is 6.99. The van der Waals surface area contributed by atoms with Crippen molar-refractivity contribution in [2.24, 2.45) is 0 Å². The Morgan fingerprint density at radius 1 is 0.718 bits per heavy atom. The minimum absolute atomic E-state index is 0.0199. The summed E-state index contributed by atoms with van der Waals surface area (Å²) in [6, 6.07) is 21.7. The van der Waals surface area contributed by atoms with E-state index in [1.165, 1.54) is 28.8 Å². The molecule has 0 bridgehead atoms. The normalized spacial score (nSPS) is 14.0. The Morgan fingerprint density at radius 2 is 1.28 bits per heavy atom. The predicted molar refractivity (Wildman–Crippen MR) is 177 cm³/mol. The van der Waals surface area contributed by atoms with E-state index in [1.54, 1.807) is 0 Å². The SMILES string of the molecule is C/C=C(/C=C/C=C/CCCCCO[Si](C)(C)C(C)(C)C)CO[Si](c1ccccc1)(c1ccccc1)C(C)(C)C. The summed E-state index contributed by atoms with van der Waals surface area (Å²) in [4.78, 5) is 0. The molecule has 0 aromatic heterocycles. The van der Waals surface area contributed by atoms with Crippen LogP contribution in [0, 0.1) is 0 Å². The van der Waals surface area contributed by atoms with Crippen molar-refractivity contribution < 1.29 is 8.85 Å². The van der Waals surface area contributed by atoms with Gasteiger partial charge in [-0.2, -0.15) is 0 Å². The lowest BCUT2D eigenvalue weighted by atomic mass is 10.2. The maximum absolute atomic E-state index is 7.08. The van der Waals surface area contributed by atoms with Gasteiger partial charge in [-0.05, 0) is 65.3 Å². The minimum Gasteiger partial charge on any atom is -0.417 e. The summed E-state index contributed by atoms with van der Waals surface area (Å²) in [5.41, 5.74) is 1.20. The molecule has 2 aromatic rings. The van der Waals surface area contributed by atoms with Crippen LogP contribution in [0.4, 0.5) is 0 Å². The van der Waals surface area contributed by atoms with Crippen LogP contribution in [-0.4, -0.2) is 29.8 Å². The first-order valence-corrected chi connectivity index (χ1v) is 19.5. The van der Waals surface area contributed by atoms with E-state index in [9.17, 15) is 0 Å². The van der Waals surface area contributed by atoms with E-state index in [4.69, 9.17) is 8.85 Å². The third-order valence-corrected chi connectivity index (χ3v) is 17.6. The summed E-state index contributed by atoms with van der Waals surface area (Å²) >= 11 is 0. The molecule has 0 saturated heterocycles. The molecule has 0 heterocycles. The minimum atomic E-state index is -2.53. The highest BCUT2D eigenvalue weighted by Gasteiger charge is 2.50. The average Bonchev–Trinajstić information content (AvgIpc) is 2.88. The van der Waals surface area contributed by atoms with E-state index in [2.05, 4.69) is 153 Å². The lowest BCUT2D eigenvalue weighted by Gasteiger charge is -2.43. The van der Waals surface area contributed by atoms with Crippen LogP contribution in [0.5, 0.6) is 0 Å². The molecule has 0 saturated carbocycles. The van der Waals surface area contributed by atoms with Gasteiger partial charge in [0.15, 0.2) is 8.32 Å². The van der Waals surface area contributed by atoms with Gasteiger partial charge in [-0.15, -0.1) is 0 Å². The zero-order valence-electron chi connectivity index (χ0n) is 26.2. The topological polar surface area (TPSA) is 18.5 Å². The second-order valence-electron chi connectivity index (χ2n) is 13.1. The van der Waals surface area contributed by atoms with Gasteiger partial charge in [0.05, 0.1) is 6.61 Å². The van der Waals surface area contributed by atoms with Gasteiger partial charge in [0.25, 0.3) is 8.32 Å². The van der Waals surface area contributed by atoms with Crippen LogP contribution in [0.3, 0.4) is 0 Å². The molecule has 0 N–H and O–H groups in total. The third kappa shape index (κ3) is 9.56. The van der Waals surface area contributed by atoms with Gasteiger partial charge in [-0.1, -0.05) is 139 Å². The summed E-state index contributed by atoms with van der Waals surface area (Å²) in [6.45, 7) is 22.2. The predicted octanol–water partition coefficient (Wildman–Crippen LogP) is 9.20. The van der Waals surface area contributed by atoms with Crippen LogP contribution in [0.1, 0.15) is 74.1 Å². The van der Waals surface area contributed by atoms with Crippen molar-refractivity contribution in [3.8, 4) is 0 Å². The molecule has 0 aliphatic heterocycles. The molecule has 2 rings (SSSR count). The third-order valence-electron chi connectivity index (χ3n) is 8.08. The fourth-order valence-corrected chi connectivity index (χ4v) is 10.2. The Labute approximate surface area is 242 Å². The maximum Gasteiger partial charge on any atom is 0.261 e. The fraction of sp³-hybridized carbons (Fsp3) is 0.486. The second-order valence-corrected chi connectivity index (χ2v) is 22.2. The van der Waals surface area contributed by atoms with Gasteiger partial charge in [0, 0.05) is 6.61 Å². The van der Waals surface area contributed by atoms with Crippen LogP contribution < -0.4 is 10.4 Å². The Bertz CT molecular complexity index is 1020. The molecule has 0 atom stereocenters.